The number of carboxylic acids is 1. The van der Waals surface area contributed by atoms with Gasteiger partial charge in [-0.1, -0.05) is 66.4 Å². The van der Waals surface area contributed by atoms with E-state index in [0.717, 1.165) is 40.3 Å². The van der Waals surface area contributed by atoms with Crippen molar-refractivity contribution >= 4 is 46.3 Å². The number of aromatic carboxylic acids is 1. The number of rotatable bonds is 5. The quantitative estimate of drug-likeness (QED) is 0.194. The number of Topliss-reactive ketones (excluding diaryl/α,β-unsaturated/α-hetero) is 1. The number of fused-ring (bicyclic) bond motifs is 3. The van der Waals surface area contributed by atoms with Crippen molar-refractivity contribution < 1.29 is 28.6 Å². The van der Waals surface area contributed by atoms with E-state index in [2.05, 4.69) is 12.1 Å². The molecule has 1 fully saturated rings. The second-order valence-electron chi connectivity index (χ2n) is 10.6. The molecule has 3 heterocycles. The highest BCUT2D eigenvalue weighted by Gasteiger charge is 2.47. The van der Waals surface area contributed by atoms with Gasteiger partial charge in [0.2, 0.25) is 0 Å². The summed E-state index contributed by atoms with van der Waals surface area (Å²) in [5, 5.41) is 10.3. The Morgan fingerprint density at radius 2 is 1.67 bits per heavy atom. The zero-order valence-corrected chi connectivity index (χ0v) is 23.9. The third-order valence-electron chi connectivity index (χ3n) is 8.19. The lowest BCUT2D eigenvalue weighted by atomic mass is 9.72. The molecule has 4 aromatic rings. The fourth-order valence-corrected chi connectivity index (χ4v) is 7.32. The van der Waals surface area contributed by atoms with Crippen LogP contribution in [0.1, 0.15) is 55.5 Å². The molecule has 0 saturated carbocycles. The monoisotopic (exact) mass is 587 g/mol. The number of ether oxygens (including phenoxy) is 1. The van der Waals surface area contributed by atoms with E-state index in [1.165, 1.54) is 30.5 Å². The Bertz CT molecular complexity index is 1910. The number of aliphatic imine (C=N–C) groups is 1. The molecule has 1 N–H and O–H groups in total. The van der Waals surface area contributed by atoms with Crippen molar-refractivity contribution in [2.24, 2.45) is 10.9 Å². The predicted octanol–water partition coefficient (Wildman–Crippen LogP) is 7.26. The van der Waals surface area contributed by atoms with Gasteiger partial charge in [-0.25, -0.2) is 14.6 Å². The summed E-state index contributed by atoms with van der Waals surface area (Å²) in [6, 6.07) is 25.7. The molecular formula is C35H25NO6S. The van der Waals surface area contributed by atoms with Gasteiger partial charge in [0.05, 0.1) is 39.8 Å². The highest BCUT2D eigenvalue weighted by atomic mass is 32.2. The van der Waals surface area contributed by atoms with Crippen molar-refractivity contribution in [2.45, 2.75) is 18.8 Å². The van der Waals surface area contributed by atoms with Gasteiger partial charge in [-0.05, 0) is 65.9 Å². The molecule has 7 rings (SSSR count). The zero-order chi connectivity index (χ0) is 29.7. The van der Waals surface area contributed by atoms with Crippen LogP contribution in [0.15, 0.2) is 105 Å². The molecule has 1 saturated heterocycles. The van der Waals surface area contributed by atoms with E-state index in [9.17, 15) is 19.5 Å². The van der Waals surface area contributed by atoms with E-state index in [4.69, 9.17) is 14.1 Å². The van der Waals surface area contributed by atoms with Gasteiger partial charge in [0.15, 0.2) is 5.78 Å². The van der Waals surface area contributed by atoms with Gasteiger partial charge < -0.3 is 14.3 Å². The van der Waals surface area contributed by atoms with Crippen molar-refractivity contribution in [1.29, 1.82) is 0 Å². The van der Waals surface area contributed by atoms with E-state index in [1.54, 1.807) is 48.5 Å². The van der Waals surface area contributed by atoms with Crippen LogP contribution >= 0.6 is 11.8 Å². The third-order valence-corrected chi connectivity index (χ3v) is 9.28. The molecule has 2 atom stereocenters. The maximum absolute atomic E-state index is 14.1. The van der Waals surface area contributed by atoms with E-state index in [0.29, 0.717) is 27.6 Å². The first-order chi connectivity index (χ1) is 20.9. The Kier molecular flexibility index (Phi) is 6.70. The van der Waals surface area contributed by atoms with Gasteiger partial charge >= 0.3 is 11.9 Å². The van der Waals surface area contributed by atoms with Crippen LogP contribution in [0, 0.1) is 5.92 Å². The predicted molar refractivity (Wildman–Crippen MR) is 165 cm³/mol. The summed E-state index contributed by atoms with van der Waals surface area (Å²) in [5.41, 5.74) is 6.36. The zero-order valence-electron chi connectivity index (χ0n) is 23.1. The van der Waals surface area contributed by atoms with Crippen LogP contribution in [0.5, 0.6) is 0 Å². The second-order valence-corrected chi connectivity index (χ2v) is 11.6. The number of furan rings is 1. The third kappa shape index (κ3) is 4.64. The Balaban J connectivity index is 1.29. The van der Waals surface area contributed by atoms with Crippen molar-refractivity contribution in [1.82, 2.24) is 0 Å². The number of carbonyl (C=O) groups excluding carboxylic acids is 2. The molecule has 212 valence electrons. The van der Waals surface area contributed by atoms with Gasteiger partial charge in [0.1, 0.15) is 11.5 Å². The average molecular weight is 588 g/mol. The Morgan fingerprint density at radius 3 is 2.44 bits per heavy atom. The molecule has 0 spiro atoms. The van der Waals surface area contributed by atoms with Crippen LogP contribution in [0.2, 0.25) is 0 Å². The standard InChI is InChI=1S/C35H25NO6S/c1-41-35(40)21-12-10-20(11-13-21)29-26-16-14-19-6-2-3-7-23(19)31(26)36-33-30(29)32(37)28(43-33)18-22-15-17-27(42-22)24-8-4-5-9-25(24)34(38)39/h2-13,15,17-18,29-30H,14,16H2,1H3,(H,38,39)/b28-18+. The Morgan fingerprint density at radius 1 is 0.930 bits per heavy atom. The lowest BCUT2D eigenvalue weighted by Crippen LogP contribution is -2.29. The minimum atomic E-state index is -1.04. The molecule has 0 bridgehead atoms. The molecule has 0 radical (unpaired) electrons. The van der Waals surface area contributed by atoms with Gasteiger partial charge in [-0.3, -0.25) is 4.79 Å². The molecule has 2 aliphatic heterocycles. The van der Waals surface area contributed by atoms with Crippen molar-refractivity contribution in [3.05, 3.63) is 129 Å². The number of methoxy groups -OCH3 is 1. The molecule has 0 amide bonds. The van der Waals surface area contributed by atoms with E-state index in [1.807, 2.05) is 24.3 Å². The molecule has 1 aromatic heterocycles. The van der Waals surface area contributed by atoms with E-state index >= 15 is 0 Å². The van der Waals surface area contributed by atoms with Crippen LogP contribution < -0.4 is 0 Å². The number of carbonyl (C=O) groups is 3. The number of nitrogens with zero attached hydrogens (tertiary/aromatic N) is 1. The summed E-state index contributed by atoms with van der Waals surface area (Å²) in [4.78, 5) is 43.5. The highest BCUT2D eigenvalue weighted by molar-refractivity contribution is 8.19. The number of aryl methyl sites for hydroxylation is 1. The second kappa shape index (κ2) is 10.7. The molecule has 43 heavy (non-hydrogen) atoms. The van der Waals surface area contributed by atoms with Crippen molar-refractivity contribution in [3.63, 3.8) is 0 Å². The van der Waals surface area contributed by atoms with Crippen LogP contribution in [0.3, 0.4) is 0 Å². The highest BCUT2D eigenvalue weighted by Crippen LogP contribution is 2.53. The van der Waals surface area contributed by atoms with Gasteiger partial charge in [0, 0.05) is 17.0 Å². The smallest absolute Gasteiger partial charge is 0.337 e. The van der Waals surface area contributed by atoms with E-state index in [-0.39, 0.29) is 17.3 Å². The number of benzene rings is 3. The molecule has 3 aromatic carbocycles. The van der Waals surface area contributed by atoms with Gasteiger partial charge in [-0.15, -0.1) is 0 Å². The summed E-state index contributed by atoms with van der Waals surface area (Å²) < 4.78 is 10.9. The fraction of sp³-hybridized carbons (Fsp3) is 0.143. The Hall–Kier alpha value is -4.95. The minimum Gasteiger partial charge on any atom is -0.478 e. The van der Waals surface area contributed by atoms with Gasteiger partial charge in [-0.2, -0.15) is 0 Å². The number of hydrogen-bond donors (Lipinski definition) is 1. The van der Waals surface area contributed by atoms with E-state index < -0.39 is 17.9 Å². The van der Waals surface area contributed by atoms with Crippen molar-refractivity contribution in [3.8, 4) is 11.3 Å². The first-order valence-electron chi connectivity index (χ1n) is 13.9. The molecule has 1 aliphatic carbocycles. The molecular weight excluding hydrogens is 562 g/mol. The minimum absolute atomic E-state index is 0.0416. The fourth-order valence-electron chi connectivity index (χ4n) is 6.18. The van der Waals surface area contributed by atoms with Crippen LogP contribution in [-0.2, 0) is 16.0 Å². The van der Waals surface area contributed by atoms with Crippen molar-refractivity contribution in [2.75, 3.05) is 7.11 Å². The number of hydrogen-bond acceptors (Lipinski definition) is 7. The molecule has 8 heteroatoms. The lowest BCUT2D eigenvalue weighted by molar-refractivity contribution is -0.116. The topological polar surface area (TPSA) is 106 Å². The van der Waals surface area contributed by atoms with Crippen LogP contribution in [0.25, 0.3) is 23.1 Å². The van der Waals surface area contributed by atoms with Crippen LogP contribution in [-0.4, -0.2) is 35.0 Å². The molecule has 7 nitrogen and oxygen atoms in total. The summed E-state index contributed by atoms with van der Waals surface area (Å²) in [7, 11) is 1.35. The summed E-state index contributed by atoms with van der Waals surface area (Å²) in [6.45, 7) is 0. The number of carboxylic acid groups (broad SMARTS) is 1. The summed E-state index contributed by atoms with van der Waals surface area (Å²) >= 11 is 1.35. The maximum atomic E-state index is 14.1. The number of ketones is 1. The Labute approximate surface area is 251 Å². The maximum Gasteiger partial charge on any atom is 0.337 e. The van der Waals surface area contributed by atoms with Gasteiger partial charge in [0.25, 0.3) is 0 Å². The molecule has 2 unspecified atom stereocenters. The SMILES string of the molecule is COC(=O)c1ccc(C2C3=C(N=C4S/C(=C/c5ccc(-c6ccccc6C(=O)O)o5)C(=O)C42)c2ccccc2CC3)cc1. The number of allylic oxidation sites excluding steroid dienone is 2. The first kappa shape index (κ1) is 26.9. The van der Waals surface area contributed by atoms with Crippen LogP contribution in [0.4, 0.5) is 0 Å². The summed E-state index contributed by atoms with van der Waals surface area (Å²) in [5.74, 6) is -1.36. The lowest BCUT2D eigenvalue weighted by Gasteiger charge is -2.34. The molecule has 3 aliphatic rings. The normalized spacial score (nSPS) is 19.9. The average Bonchev–Trinajstić information content (AvgIpc) is 3.63. The first-order valence-corrected chi connectivity index (χ1v) is 14.7. The summed E-state index contributed by atoms with van der Waals surface area (Å²) in [6.07, 6.45) is 3.36. The number of thioether (sulfide) groups is 1. The number of esters is 1. The largest absolute Gasteiger partial charge is 0.478 e.